The van der Waals surface area contributed by atoms with Crippen LogP contribution in [-0.4, -0.2) is 28.1 Å². The quantitative estimate of drug-likeness (QED) is 0.868. The van der Waals surface area contributed by atoms with Crippen LogP contribution in [0.1, 0.15) is 25.3 Å². The van der Waals surface area contributed by atoms with Crippen LogP contribution in [-0.2, 0) is 15.8 Å². The molecule has 1 aliphatic heterocycles. The smallest absolute Gasteiger partial charge is 0.215 e. The summed E-state index contributed by atoms with van der Waals surface area (Å²) in [5.41, 5.74) is 0.461. The number of hydrogen-bond donors (Lipinski definition) is 2. The summed E-state index contributed by atoms with van der Waals surface area (Å²) in [7, 11) is -3.45. The lowest BCUT2D eigenvalue weighted by Gasteiger charge is -2.34. The van der Waals surface area contributed by atoms with Crippen molar-refractivity contribution in [2.45, 2.75) is 25.5 Å². The summed E-state index contributed by atoms with van der Waals surface area (Å²) >= 11 is 5.67. The molecule has 0 amide bonds. The van der Waals surface area contributed by atoms with Gasteiger partial charge in [-0.15, -0.1) is 0 Å². The third-order valence-corrected chi connectivity index (χ3v) is 5.46. The Bertz CT molecular complexity index is 601. The van der Waals surface area contributed by atoms with E-state index in [1.807, 2.05) is 0 Å². The molecule has 4 nitrogen and oxygen atoms in total. The third-order valence-electron chi connectivity index (χ3n) is 3.87. The van der Waals surface area contributed by atoms with Crippen molar-refractivity contribution in [1.82, 2.24) is 10.0 Å². The average molecular weight is 335 g/mol. The van der Waals surface area contributed by atoms with E-state index < -0.39 is 15.8 Å². The monoisotopic (exact) mass is 334 g/mol. The number of hydrogen-bond acceptors (Lipinski definition) is 3. The summed E-state index contributed by atoms with van der Waals surface area (Å²) in [5, 5.41) is 3.20. The van der Waals surface area contributed by atoms with Crippen LogP contribution < -0.4 is 10.0 Å². The number of piperidine rings is 1. The Balaban J connectivity index is 1.96. The molecule has 1 aliphatic rings. The highest BCUT2D eigenvalue weighted by molar-refractivity contribution is 7.88. The SMILES string of the molecule is CC1(CNS(=O)(=O)Cc2ccc(F)c(Cl)c2)CCNCC1. The van der Waals surface area contributed by atoms with E-state index in [1.165, 1.54) is 18.2 Å². The Hall–Kier alpha value is -0.690. The molecule has 1 heterocycles. The molecule has 0 radical (unpaired) electrons. The van der Waals surface area contributed by atoms with E-state index in [0.29, 0.717) is 12.1 Å². The third kappa shape index (κ3) is 4.92. The molecule has 1 saturated heterocycles. The molecule has 0 unspecified atom stereocenters. The molecular formula is C14H20ClFN2O2S. The highest BCUT2D eigenvalue weighted by Gasteiger charge is 2.28. The molecule has 1 fully saturated rings. The van der Waals surface area contributed by atoms with Crippen molar-refractivity contribution in [2.75, 3.05) is 19.6 Å². The second-order valence-electron chi connectivity index (χ2n) is 5.89. The van der Waals surface area contributed by atoms with Crippen LogP contribution in [0.2, 0.25) is 5.02 Å². The maximum Gasteiger partial charge on any atom is 0.215 e. The first-order valence-electron chi connectivity index (χ1n) is 6.92. The van der Waals surface area contributed by atoms with Crippen molar-refractivity contribution in [3.05, 3.63) is 34.6 Å². The number of rotatable bonds is 5. The summed E-state index contributed by atoms with van der Waals surface area (Å²) in [6.45, 7) is 4.33. The van der Waals surface area contributed by atoms with E-state index in [1.54, 1.807) is 0 Å². The highest BCUT2D eigenvalue weighted by Crippen LogP contribution is 2.27. The van der Waals surface area contributed by atoms with Crippen LogP contribution in [0.5, 0.6) is 0 Å². The van der Waals surface area contributed by atoms with Gasteiger partial charge in [-0.2, -0.15) is 0 Å². The van der Waals surface area contributed by atoms with Crippen LogP contribution in [0.3, 0.4) is 0 Å². The van der Waals surface area contributed by atoms with Gasteiger partial charge < -0.3 is 5.32 Å². The molecular weight excluding hydrogens is 315 g/mol. The van der Waals surface area contributed by atoms with Crippen LogP contribution in [0.4, 0.5) is 4.39 Å². The second-order valence-corrected chi connectivity index (χ2v) is 8.10. The number of sulfonamides is 1. The number of benzene rings is 1. The van der Waals surface area contributed by atoms with Gasteiger partial charge in [-0.1, -0.05) is 24.6 Å². The van der Waals surface area contributed by atoms with Crippen molar-refractivity contribution in [3.8, 4) is 0 Å². The van der Waals surface area contributed by atoms with E-state index in [9.17, 15) is 12.8 Å². The van der Waals surface area contributed by atoms with Gasteiger partial charge in [0.25, 0.3) is 0 Å². The van der Waals surface area contributed by atoms with Crippen LogP contribution in [0, 0.1) is 11.2 Å². The van der Waals surface area contributed by atoms with Gasteiger partial charge in [0.2, 0.25) is 10.0 Å². The van der Waals surface area contributed by atoms with Crippen molar-refractivity contribution >= 4 is 21.6 Å². The Morgan fingerprint density at radius 2 is 2.05 bits per heavy atom. The predicted octanol–water partition coefficient (Wildman–Crippen LogP) is 2.29. The average Bonchev–Trinajstić information content (AvgIpc) is 2.42. The van der Waals surface area contributed by atoms with E-state index in [-0.39, 0.29) is 16.2 Å². The fourth-order valence-electron chi connectivity index (χ4n) is 2.39. The summed E-state index contributed by atoms with van der Waals surface area (Å²) in [5.74, 6) is -0.741. The lowest BCUT2D eigenvalue weighted by atomic mass is 9.81. The summed E-state index contributed by atoms with van der Waals surface area (Å²) < 4.78 is 40.0. The minimum Gasteiger partial charge on any atom is -0.317 e. The zero-order valence-electron chi connectivity index (χ0n) is 12.0. The molecule has 1 aromatic rings. The maximum absolute atomic E-state index is 13.1. The molecule has 21 heavy (non-hydrogen) atoms. The Labute approximate surface area is 130 Å². The summed E-state index contributed by atoms with van der Waals surface area (Å²) in [4.78, 5) is 0. The fourth-order valence-corrected chi connectivity index (χ4v) is 3.88. The first-order chi connectivity index (χ1) is 9.80. The highest BCUT2D eigenvalue weighted by atomic mass is 35.5. The minimum absolute atomic E-state index is 0.0151. The van der Waals surface area contributed by atoms with E-state index >= 15 is 0 Å². The van der Waals surface area contributed by atoms with Gasteiger partial charge in [0, 0.05) is 6.54 Å². The molecule has 0 atom stereocenters. The van der Waals surface area contributed by atoms with Crippen molar-refractivity contribution < 1.29 is 12.8 Å². The normalized spacial score (nSPS) is 18.6. The molecule has 2 N–H and O–H groups in total. The predicted molar refractivity (Wildman–Crippen MR) is 82.2 cm³/mol. The molecule has 118 valence electrons. The molecule has 0 bridgehead atoms. The summed E-state index contributed by atoms with van der Waals surface area (Å²) in [6.07, 6.45) is 1.88. The van der Waals surface area contributed by atoms with Gasteiger partial charge in [-0.05, 0) is 49.0 Å². The first-order valence-corrected chi connectivity index (χ1v) is 8.95. The Kier molecular flexibility index (Phi) is 5.24. The largest absolute Gasteiger partial charge is 0.317 e. The van der Waals surface area contributed by atoms with Gasteiger partial charge >= 0.3 is 0 Å². The van der Waals surface area contributed by atoms with Crippen LogP contribution in [0.25, 0.3) is 0 Å². The van der Waals surface area contributed by atoms with E-state index in [0.717, 1.165) is 25.9 Å². The van der Waals surface area contributed by atoms with E-state index in [2.05, 4.69) is 17.0 Å². The summed E-state index contributed by atoms with van der Waals surface area (Å²) in [6, 6.07) is 3.97. The fraction of sp³-hybridized carbons (Fsp3) is 0.571. The van der Waals surface area contributed by atoms with Gasteiger partial charge in [0.05, 0.1) is 10.8 Å². The van der Waals surface area contributed by atoms with Crippen molar-refractivity contribution in [3.63, 3.8) is 0 Å². The second kappa shape index (κ2) is 6.60. The number of nitrogens with one attached hydrogen (secondary N) is 2. The topological polar surface area (TPSA) is 58.2 Å². The standard InChI is InChI=1S/C14H20ClFN2O2S/c1-14(4-6-17-7-5-14)10-18-21(19,20)9-11-2-3-13(16)12(15)8-11/h2-3,8,17-18H,4-7,9-10H2,1H3. The molecule has 7 heteroatoms. The molecule has 0 aromatic heterocycles. The van der Waals surface area contributed by atoms with Gasteiger partial charge in [-0.3, -0.25) is 0 Å². The van der Waals surface area contributed by atoms with Gasteiger partial charge in [-0.25, -0.2) is 17.5 Å². The molecule has 2 rings (SSSR count). The van der Waals surface area contributed by atoms with Gasteiger partial charge in [0.15, 0.2) is 0 Å². The lowest BCUT2D eigenvalue weighted by molar-refractivity contribution is 0.232. The molecule has 0 saturated carbocycles. The van der Waals surface area contributed by atoms with Crippen LogP contribution in [0.15, 0.2) is 18.2 Å². The zero-order valence-corrected chi connectivity index (χ0v) is 13.5. The number of halogens is 2. The van der Waals surface area contributed by atoms with E-state index in [4.69, 9.17) is 11.6 Å². The minimum atomic E-state index is -3.45. The first kappa shape index (κ1) is 16.7. The maximum atomic E-state index is 13.1. The van der Waals surface area contributed by atoms with Crippen molar-refractivity contribution in [2.24, 2.45) is 5.41 Å². The molecule has 1 aromatic carbocycles. The van der Waals surface area contributed by atoms with Crippen LogP contribution >= 0.6 is 11.6 Å². The zero-order chi connectivity index (χ0) is 15.5. The Morgan fingerprint density at radius 3 is 2.67 bits per heavy atom. The Morgan fingerprint density at radius 1 is 1.38 bits per heavy atom. The lowest BCUT2D eigenvalue weighted by Crippen LogP contribution is -2.43. The molecule has 0 aliphatic carbocycles. The van der Waals surface area contributed by atoms with Gasteiger partial charge in [0.1, 0.15) is 5.82 Å². The van der Waals surface area contributed by atoms with Crippen molar-refractivity contribution in [1.29, 1.82) is 0 Å². The molecule has 0 spiro atoms.